The van der Waals surface area contributed by atoms with Crippen LogP contribution in [-0.4, -0.2) is 24.1 Å². The van der Waals surface area contributed by atoms with Crippen molar-refractivity contribution in [3.05, 3.63) is 23.3 Å². The maximum absolute atomic E-state index is 12.4. The first kappa shape index (κ1) is 16.1. The van der Waals surface area contributed by atoms with Crippen molar-refractivity contribution in [2.45, 2.75) is 33.1 Å². The second kappa shape index (κ2) is 5.85. The van der Waals surface area contributed by atoms with Crippen LogP contribution < -0.4 is 10.6 Å². The minimum atomic E-state index is 0. The molecular formula is C16H23ClN2O2. The second-order valence-electron chi connectivity index (χ2n) is 6.26. The zero-order valence-corrected chi connectivity index (χ0v) is 13.3. The highest BCUT2D eigenvalue weighted by atomic mass is 35.5. The molecule has 0 aromatic heterocycles. The predicted molar refractivity (Wildman–Crippen MR) is 86.1 cm³/mol. The number of nitrogens with one attached hydrogen (secondary N) is 2. The van der Waals surface area contributed by atoms with Crippen LogP contribution in [0.15, 0.2) is 12.1 Å². The summed E-state index contributed by atoms with van der Waals surface area (Å²) in [6.45, 7) is 5.74. The van der Waals surface area contributed by atoms with Crippen molar-refractivity contribution in [1.29, 1.82) is 0 Å². The molecule has 4 nitrogen and oxygen atoms in total. The molecule has 1 heterocycles. The Labute approximate surface area is 131 Å². The zero-order chi connectivity index (χ0) is 14.3. The minimum absolute atomic E-state index is 0. The Balaban J connectivity index is 0.00000161. The van der Waals surface area contributed by atoms with E-state index in [9.17, 15) is 9.90 Å². The normalized spacial score (nSPS) is 22.5. The van der Waals surface area contributed by atoms with Crippen molar-refractivity contribution >= 4 is 24.0 Å². The molecule has 5 heteroatoms. The van der Waals surface area contributed by atoms with Gasteiger partial charge in [-0.1, -0.05) is 6.07 Å². The number of hydrogen-bond donors (Lipinski definition) is 3. The summed E-state index contributed by atoms with van der Waals surface area (Å²) >= 11 is 0. The van der Waals surface area contributed by atoms with E-state index in [0.29, 0.717) is 0 Å². The highest BCUT2D eigenvalue weighted by Crippen LogP contribution is 2.58. The number of phenolic OH excluding ortho intramolecular Hbond substituents is 1. The Hall–Kier alpha value is -1.26. The predicted octanol–water partition coefficient (Wildman–Crippen LogP) is 2.76. The van der Waals surface area contributed by atoms with Gasteiger partial charge in [-0.05, 0) is 63.2 Å². The molecule has 1 unspecified atom stereocenters. The lowest BCUT2D eigenvalue weighted by Gasteiger charge is -2.23. The van der Waals surface area contributed by atoms with Crippen LogP contribution in [0.25, 0.3) is 0 Å². The molecule has 3 rings (SSSR count). The number of phenols is 1. The number of piperidine rings is 1. The van der Waals surface area contributed by atoms with Gasteiger partial charge in [0.15, 0.2) is 0 Å². The Bertz CT molecular complexity index is 553. The van der Waals surface area contributed by atoms with E-state index in [0.717, 1.165) is 49.2 Å². The fraction of sp³-hybridized carbons (Fsp3) is 0.562. The summed E-state index contributed by atoms with van der Waals surface area (Å²) in [5.41, 5.74) is 2.56. The van der Waals surface area contributed by atoms with Gasteiger partial charge in [0, 0.05) is 17.2 Å². The number of aromatic hydroxyl groups is 1. The summed E-state index contributed by atoms with van der Waals surface area (Å²) in [4.78, 5) is 12.4. The van der Waals surface area contributed by atoms with Gasteiger partial charge in [-0.2, -0.15) is 0 Å². The number of anilines is 1. The topological polar surface area (TPSA) is 61.4 Å². The van der Waals surface area contributed by atoms with Gasteiger partial charge in [0.2, 0.25) is 5.91 Å². The molecule has 3 N–H and O–H groups in total. The van der Waals surface area contributed by atoms with Crippen LogP contribution in [0.4, 0.5) is 5.69 Å². The molecule has 1 saturated carbocycles. The summed E-state index contributed by atoms with van der Waals surface area (Å²) in [5, 5.41) is 16.3. The number of amides is 1. The van der Waals surface area contributed by atoms with E-state index in [2.05, 4.69) is 10.6 Å². The molecule has 21 heavy (non-hydrogen) atoms. The van der Waals surface area contributed by atoms with Crippen LogP contribution >= 0.6 is 12.4 Å². The molecule has 1 amide bonds. The van der Waals surface area contributed by atoms with Crippen molar-refractivity contribution in [3.63, 3.8) is 0 Å². The molecule has 1 spiro atoms. The molecule has 1 atom stereocenters. The third kappa shape index (κ3) is 2.87. The Kier molecular flexibility index (Phi) is 4.49. The van der Waals surface area contributed by atoms with Crippen LogP contribution in [-0.2, 0) is 4.79 Å². The fourth-order valence-corrected chi connectivity index (χ4v) is 3.39. The summed E-state index contributed by atoms with van der Waals surface area (Å²) < 4.78 is 0. The first-order chi connectivity index (χ1) is 9.53. The monoisotopic (exact) mass is 310 g/mol. The van der Waals surface area contributed by atoms with E-state index in [4.69, 9.17) is 0 Å². The van der Waals surface area contributed by atoms with Crippen LogP contribution in [0.3, 0.4) is 0 Å². The smallest absolute Gasteiger partial charge is 0.228 e. The Morgan fingerprint density at radius 1 is 1.33 bits per heavy atom. The highest BCUT2D eigenvalue weighted by Gasteiger charge is 2.57. The number of carbonyl (C=O) groups excluding carboxylic acids is 1. The van der Waals surface area contributed by atoms with E-state index in [-0.39, 0.29) is 35.4 Å². The van der Waals surface area contributed by atoms with Gasteiger partial charge in [0.05, 0.1) is 0 Å². The van der Waals surface area contributed by atoms with Crippen molar-refractivity contribution < 1.29 is 9.90 Å². The maximum atomic E-state index is 12.4. The molecule has 1 aromatic rings. The zero-order valence-electron chi connectivity index (χ0n) is 12.5. The van der Waals surface area contributed by atoms with Gasteiger partial charge >= 0.3 is 0 Å². The van der Waals surface area contributed by atoms with E-state index in [1.54, 1.807) is 0 Å². The molecule has 2 fully saturated rings. The Morgan fingerprint density at radius 2 is 2.00 bits per heavy atom. The van der Waals surface area contributed by atoms with E-state index in [1.807, 2.05) is 26.0 Å². The van der Waals surface area contributed by atoms with Gasteiger partial charge in [-0.3, -0.25) is 4.79 Å². The van der Waals surface area contributed by atoms with Crippen LogP contribution in [0.5, 0.6) is 5.75 Å². The third-order valence-electron chi connectivity index (χ3n) is 5.00. The van der Waals surface area contributed by atoms with Crippen molar-refractivity contribution in [2.24, 2.45) is 11.3 Å². The molecule has 1 aliphatic heterocycles. The van der Waals surface area contributed by atoms with Crippen LogP contribution in [0.1, 0.15) is 30.4 Å². The lowest BCUT2D eigenvalue weighted by molar-refractivity contribution is -0.118. The van der Waals surface area contributed by atoms with Gasteiger partial charge in [-0.15, -0.1) is 12.4 Å². The molecule has 1 aromatic carbocycles. The highest BCUT2D eigenvalue weighted by molar-refractivity contribution is 5.96. The molecule has 116 valence electrons. The number of aryl methyl sites for hydroxylation is 1. The first-order valence-electron chi connectivity index (χ1n) is 7.34. The quantitative estimate of drug-likeness (QED) is 0.787. The average molecular weight is 311 g/mol. The largest absolute Gasteiger partial charge is 0.507 e. The summed E-state index contributed by atoms with van der Waals surface area (Å²) in [6, 6.07) is 3.71. The number of carbonyl (C=O) groups is 1. The minimum Gasteiger partial charge on any atom is -0.507 e. The first-order valence-corrected chi connectivity index (χ1v) is 7.34. The molecule has 1 aliphatic carbocycles. The van der Waals surface area contributed by atoms with Crippen molar-refractivity contribution in [3.8, 4) is 5.75 Å². The average Bonchev–Trinajstić information content (AvgIpc) is 3.14. The van der Waals surface area contributed by atoms with Gasteiger partial charge in [0.1, 0.15) is 5.75 Å². The van der Waals surface area contributed by atoms with Crippen molar-refractivity contribution in [2.75, 3.05) is 18.4 Å². The molecule has 0 bridgehead atoms. The number of rotatable bonds is 2. The number of hydrogen-bond acceptors (Lipinski definition) is 3. The maximum Gasteiger partial charge on any atom is 0.228 e. The van der Waals surface area contributed by atoms with Gasteiger partial charge in [-0.25, -0.2) is 0 Å². The molecule has 2 aliphatic rings. The van der Waals surface area contributed by atoms with Crippen LogP contribution in [0.2, 0.25) is 0 Å². The molecule has 1 saturated heterocycles. The summed E-state index contributed by atoms with van der Waals surface area (Å²) in [5.74, 6) is 0.529. The molecule has 0 radical (unpaired) electrons. The van der Waals surface area contributed by atoms with E-state index >= 15 is 0 Å². The number of benzene rings is 1. The lowest BCUT2D eigenvalue weighted by Crippen LogP contribution is -2.31. The van der Waals surface area contributed by atoms with Crippen molar-refractivity contribution in [1.82, 2.24) is 5.32 Å². The Morgan fingerprint density at radius 3 is 2.67 bits per heavy atom. The van der Waals surface area contributed by atoms with Crippen LogP contribution in [0, 0.1) is 25.2 Å². The molecular weight excluding hydrogens is 288 g/mol. The second-order valence-corrected chi connectivity index (χ2v) is 6.26. The number of halogens is 1. The summed E-state index contributed by atoms with van der Waals surface area (Å²) in [7, 11) is 0. The third-order valence-corrected chi connectivity index (χ3v) is 5.00. The lowest BCUT2D eigenvalue weighted by atomic mass is 9.91. The van der Waals surface area contributed by atoms with Gasteiger partial charge in [0.25, 0.3) is 0 Å². The SMILES string of the molecule is Cc1ccc(NC(=O)C2CC23CCNCC3)c(C)c1O.Cl. The standard InChI is InChI=1S/C16H22N2O2.ClH/c1-10-3-4-13(11(2)14(10)19)18-15(20)12-9-16(12)5-7-17-8-6-16;/h3-4,12,17,19H,5-9H2,1-2H3,(H,18,20);1H. The summed E-state index contributed by atoms with van der Waals surface area (Å²) in [6.07, 6.45) is 3.21. The van der Waals surface area contributed by atoms with Gasteiger partial charge < -0.3 is 15.7 Å². The fourth-order valence-electron chi connectivity index (χ4n) is 3.39. The van der Waals surface area contributed by atoms with E-state index in [1.165, 1.54) is 0 Å². The van der Waals surface area contributed by atoms with E-state index < -0.39 is 0 Å².